The van der Waals surface area contributed by atoms with E-state index in [1.54, 1.807) is 7.11 Å². The van der Waals surface area contributed by atoms with E-state index in [2.05, 4.69) is 20.6 Å². The number of ether oxygens (including phenoxy) is 1. The molecular formula is C25H24N4O3. The maximum Gasteiger partial charge on any atom is 0.277 e. The maximum atomic E-state index is 13.1. The van der Waals surface area contributed by atoms with Crippen molar-refractivity contribution in [2.45, 2.75) is 13.0 Å². The summed E-state index contributed by atoms with van der Waals surface area (Å²) in [4.78, 5) is 20.5. The summed E-state index contributed by atoms with van der Waals surface area (Å²) in [6.07, 6.45) is 0.222. The van der Waals surface area contributed by atoms with E-state index in [-0.39, 0.29) is 17.9 Å². The van der Waals surface area contributed by atoms with Crippen molar-refractivity contribution in [2.24, 2.45) is 0 Å². The van der Waals surface area contributed by atoms with Crippen LogP contribution in [0.3, 0.4) is 0 Å². The summed E-state index contributed by atoms with van der Waals surface area (Å²) < 4.78 is 5.18. The number of benzene rings is 3. The predicted molar refractivity (Wildman–Crippen MR) is 124 cm³/mol. The minimum Gasteiger partial charge on any atom is -0.510 e. The number of para-hydroxylation sites is 2. The number of fused-ring (bicyclic) bond motifs is 1. The van der Waals surface area contributed by atoms with E-state index in [1.807, 2.05) is 78.9 Å². The Morgan fingerprint density at radius 3 is 2.41 bits per heavy atom. The van der Waals surface area contributed by atoms with Gasteiger partial charge in [0.2, 0.25) is 5.95 Å². The van der Waals surface area contributed by atoms with E-state index < -0.39 is 5.91 Å². The highest BCUT2D eigenvalue weighted by molar-refractivity contribution is 6.03. The smallest absolute Gasteiger partial charge is 0.277 e. The van der Waals surface area contributed by atoms with Crippen LogP contribution < -0.4 is 15.4 Å². The Morgan fingerprint density at radius 1 is 0.969 bits per heavy atom. The van der Waals surface area contributed by atoms with Crippen LogP contribution in [0.15, 0.2) is 90.3 Å². The second-order valence-corrected chi connectivity index (χ2v) is 7.24. The van der Waals surface area contributed by atoms with Crippen molar-refractivity contribution in [3.05, 3.63) is 101 Å². The molecule has 0 saturated carbocycles. The van der Waals surface area contributed by atoms with Gasteiger partial charge in [0.25, 0.3) is 5.91 Å². The Morgan fingerprint density at radius 2 is 1.69 bits per heavy atom. The van der Waals surface area contributed by atoms with Gasteiger partial charge in [-0.1, -0.05) is 54.6 Å². The number of imidazole rings is 1. The van der Waals surface area contributed by atoms with Gasteiger partial charge in [-0.15, -0.1) is 0 Å². The molecule has 32 heavy (non-hydrogen) atoms. The van der Waals surface area contributed by atoms with Gasteiger partial charge < -0.3 is 20.1 Å². The zero-order chi connectivity index (χ0) is 22.3. The number of carbonyl (C=O) groups excluding carboxylic acids is 1. The lowest BCUT2D eigenvalue weighted by atomic mass is 10.1. The van der Waals surface area contributed by atoms with Crippen LogP contribution in [0.4, 0.5) is 5.95 Å². The molecule has 0 unspecified atom stereocenters. The van der Waals surface area contributed by atoms with E-state index in [0.717, 1.165) is 27.9 Å². The van der Waals surface area contributed by atoms with Crippen molar-refractivity contribution >= 4 is 22.9 Å². The van der Waals surface area contributed by atoms with Gasteiger partial charge in [-0.25, -0.2) is 4.98 Å². The number of hydrogen-bond donors (Lipinski definition) is 4. The van der Waals surface area contributed by atoms with Gasteiger partial charge in [-0.3, -0.25) is 10.1 Å². The number of aromatic amines is 1. The van der Waals surface area contributed by atoms with Gasteiger partial charge in [-0.2, -0.15) is 0 Å². The van der Waals surface area contributed by atoms with Crippen molar-refractivity contribution < 1.29 is 14.6 Å². The van der Waals surface area contributed by atoms with Crippen LogP contribution in [-0.4, -0.2) is 28.1 Å². The molecule has 0 saturated heterocycles. The van der Waals surface area contributed by atoms with E-state index >= 15 is 0 Å². The normalized spacial score (nSPS) is 11.7. The summed E-state index contributed by atoms with van der Waals surface area (Å²) in [6, 6.07) is 24.5. The molecule has 1 aromatic heterocycles. The summed E-state index contributed by atoms with van der Waals surface area (Å²) in [5, 5.41) is 16.6. The summed E-state index contributed by atoms with van der Waals surface area (Å²) in [5.41, 5.74) is 3.48. The molecule has 0 bridgehead atoms. The number of H-pyrrole nitrogens is 1. The van der Waals surface area contributed by atoms with Gasteiger partial charge in [0.15, 0.2) is 0 Å². The first-order chi connectivity index (χ1) is 15.6. The van der Waals surface area contributed by atoms with E-state index in [0.29, 0.717) is 12.5 Å². The lowest BCUT2D eigenvalue weighted by Gasteiger charge is -2.14. The predicted octanol–water partition coefficient (Wildman–Crippen LogP) is 4.31. The lowest BCUT2D eigenvalue weighted by molar-refractivity contribution is -0.113. The molecule has 7 heteroatoms. The van der Waals surface area contributed by atoms with Crippen LogP contribution in [0, 0.1) is 0 Å². The first-order valence-electron chi connectivity index (χ1n) is 10.2. The SMILES string of the molecule is COc1ccc(CN/C(C(=O)Nc2nc3ccccc3[nH]2)=C(/O)Cc2ccccc2)cc1. The van der Waals surface area contributed by atoms with Gasteiger partial charge in [0.05, 0.1) is 18.1 Å². The summed E-state index contributed by atoms with van der Waals surface area (Å²) in [5.74, 6) is 0.524. The van der Waals surface area contributed by atoms with Crippen LogP contribution in [-0.2, 0) is 17.8 Å². The fourth-order valence-electron chi connectivity index (χ4n) is 3.31. The third kappa shape index (κ3) is 5.07. The molecule has 1 heterocycles. The Hall–Kier alpha value is -4.26. The topological polar surface area (TPSA) is 99.3 Å². The maximum absolute atomic E-state index is 13.1. The number of nitrogens with one attached hydrogen (secondary N) is 3. The highest BCUT2D eigenvalue weighted by Gasteiger charge is 2.17. The third-order valence-electron chi connectivity index (χ3n) is 4.98. The van der Waals surface area contributed by atoms with E-state index in [1.165, 1.54) is 0 Å². The lowest BCUT2D eigenvalue weighted by Crippen LogP contribution is -2.28. The number of carbonyl (C=O) groups is 1. The first kappa shape index (κ1) is 21.0. The van der Waals surface area contributed by atoms with Crippen LogP contribution >= 0.6 is 0 Å². The first-order valence-corrected chi connectivity index (χ1v) is 10.2. The van der Waals surface area contributed by atoms with Gasteiger partial charge in [-0.05, 0) is 35.4 Å². The third-order valence-corrected chi connectivity index (χ3v) is 4.98. The monoisotopic (exact) mass is 428 g/mol. The van der Waals surface area contributed by atoms with Crippen molar-refractivity contribution in [2.75, 3.05) is 12.4 Å². The molecule has 0 aliphatic heterocycles. The molecule has 4 aromatic rings. The average molecular weight is 428 g/mol. The summed E-state index contributed by atoms with van der Waals surface area (Å²) in [6.45, 7) is 0.353. The standard InChI is InChI=1S/C25H24N4O3/c1-32-19-13-11-18(12-14-19)16-26-23(22(30)15-17-7-3-2-4-8-17)24(31)29-25-27-20-9-5-6-10-21(20)28-25/h2-14,26,30H,15-16H2,1H3,(H2,27,28,29,31)/b23-22+. The molecule has 0 radical (unpaired) electrons. The Balaban J connectivity index is 1.56. The number of allylic oxidation sites excluding steroid dienone is 1. The number of rotatable bonds is 8. The molecule has 0 fully saturated rings. The molecule has 7 nitrogen and oxygen atoms in total. The molecule has 0 spiro atoms. The number of hydrogen-bond acceptors (Lipinski definition) is 5. The highest BCUT2D eigenvalue weighted by Crippen LogP contribution is 2.16. The zero-order valence-corrected chi connectivity index (χ0v) is 17.6. The second-order valence-electron chi connectivity index (χ2n) is 7.24. The fraction of sp³-hybridized carbons (Fsp3) is 0.120. The number of aromatic nitrogens is 2. The summed E-state index contributed by atoms with van der Waals surface area (Å²) in [7, 11) is 1.61. The van der Waals surface area contributed by atoms with Gasteiger partial charge in [0.1, 0.15) is 17.2 Å². The second kappa shape index (κ2) is 9.70. The van der Waals surface area contributed by atoms with Crippen molar-refractivity contribution in [1.29, 1.82) is 0 Å². The molecule has 4 rings (SSSR count). The molecule has 0 aliphatic carbocycles. The molecule has 4 N–H and O–H groups in total. The van der Waals surface area contributed by atoms with Gasteiger partial charge in [0, 0.05) is 13.0 Å². The van der Waals surface area contributed by atoms with Crippen LogP contribution in [0.5, 0.6) is 5.75 Å². The minimum absolute atomic E-state index is 0.0571. The molecular weight excluding hydrogens is 404 g/mol. The summed E-state index contributed by atoms with van der Waals surface area (Å²) >= 11 is 0. The number of nitrogens with zero attached hydrogens (tertiary/aromatic N) is 1. The number of anilines is 1. The van der Waals surface area contributed by atoms with E-state index in [4.69, 9.17) is 4.74 Å². The molecule has 162 valence electrons. The average Bonchev–Trinajstić information content (AvgIpc) is 3.22. The van der Waals surface area contributed by atoms with E-state index in [9.17, 15) is 9.90 Å². The van der Waals surface area contributed by atoms with Gasteiger partial charge >= 0.3 is 0 Å². The molecule has 1 amide bonds. The molecule has 0 aliphatic rings. The largest absolute Gasteiger partial charge is 0.510 e. The van der Waals surface area contributed by atoms with Crippen LogP contribution in [0.1, 0.15) is 11.1 Å². The van der Waals surface area contributed by atoms with Crippen molar-refractivity contribution in [3.8, 4) is 5.75 Å². The molecule has 0 atom stereocenters. The quantitative estimate of drug-likeness (QED) is 0.248. The Bertz CT molecular complexity index is 1200. The fourth-order valence-corrected chi connectivity index (χ4v) is 3.31. The Labute approximate surface area is 185 Å². The number of amides is 1. The highest BCUT2D eigenvalue weighted by atomic mass is 16.5. The number of methoxy groups -OCH3 is 1. The van der Waals surface area contributed by atoms with Crippen molar-refractivity contribution in [3.63, 3.8) is 0 Å². The molecule has 3 aromatic carbocycles. The number of aliphatic hydroxyl groups is 1. The van der Waals surface area contributed by atoms with Crippen molar-refractivity contribution in [1.82, 2.24) is 15.3 Å². The zero-order valence-electron chi connectivity index (χ0n) is 17.6. The minimum atomic E-state index is -0.481. The van der Waals surface area contributed by atoms with Crippen LogP contribution in [0.2, 0.25) is 0 Å². The Kier molecular flexibility index (Phi) is 6.36. The van der Waals surface area contributed by atoms with Crippen LogP contribution in [0.25, 0.3) is 11.0 Å². The number of aliphatic hydroxyl groups excluding tert-OH is 1.